The predicted molar refractivity (Wildman–Crippen MR) is 149 cm³/mol. The monoisotopic (exact) mass is 460 g/mol. The third-order valence-electron chi connectivity index (χ3n) is 7.22. The Morgan fingerprint density at radius 1 is 0.583 bits per heavy atom. The standard InChI is InChI=1S/C33H20N2O/c1-2-10-22(11-3-1)35-28-18-17-21(27-15-8-9-19-34-27)20-26(28)30-23-12-4-5-13-24(23)31-25-14-6-7-16-29(25)36-33(31)32(30)35/h1-20H. The topological polar surface area (TPSA) is 31.0 Å². The van der Waals surface area contributed by atoms with E-state index in [4.69, 9.17) is 4.42 Å². The maximum atomic E-state index is 6.65. The molecule has 168 valence electrons. The van der Waals surface area contributed by atoms with Crippen LogP contribution in [-0.4, -0.2) is 9.55 Å². The van der Waals surface area contributed by atoms with Crippen LogP contribution in [0.3, 0.4) is 0 Å². The molecule has 3 heterocycles. The summed E-state index contributed by atoms with van der Waals surface area (Å²) in [5.74, 6) is 0. The Morgan fingerprint density at radius 3 is 2.11 bits per heavy atom. The first-order valence-electron chi connectivity index (χ1n) is 12.2. The fourth-order valence-corrected chi connectivity index (χ4v) is 5.72. The van der Waals surface area contributed by atoms with Crippen LogP contribution in [0.1, 0.15) is 0 Å². The Labute approximate surface area is 206 Å². The molecule has 8 rings (SSSR count). The fraction of sp³-hybridized carbons (Fsp3) is 0. The molecular weight excluding hydrogens is 440 g/mol. The third kappa shape index (κ3) is 2.60. The summed E-state index contributed by atoms with van der Waals surface area (Å²) in [7, 11) is 0. The first-order valence-corrected chi connectivity index (χ1v) is 12.2. The molecule has 0 radical (unpaired) electrons. The van der Waals surface area contributed by atoms with Gasteiger partial charge < -0.3 is 8.98 Å². The molecule has 0 fully saturated rings. The van der Waals surface area contributed by atoms with Crippen molar-refractivity contribution in [3.8, 4) is 16.9 Å². The molecule has 3 heteroatoms. The highest BCUT2D eigenvalue weighted by Crippen LogP contribution is 2.46. The summed E-state index contributed by atoms with van der Waals surface area (Å²) >= 11 is 0. The van der Waals surface area contributed by atoms with Crippen LogP contribution in [0.4, 0.5) is 0 Å². The van der Waals surface area contributed by atoms with Crippen molar-refractivity contribution in [3.63, 3.8) is 0 Å². The molecule has 0 aliphatic carbocycles. The van der Waals surface area contributed by atoms with E-state index in [1.807, 2.05) is 24.4 Å². The lowest BCUT2D eigenvalue weighted by Gasteiger charge is -2.09. The first kappa shape index (κ1) is 19.4. The van der Waals surface area contributed by atoms with Gasteiger partial charge in [-0.15, -0.1) is 0 Å². The lowest BCUT2D eigenvalue weighted by molar-refractivity contribution is 0.671. The van der Waals surface area contributed by atoms with E-state index >= 15 is 0 Å². The van der Waals surface area contributed by atoms with Gasteiger partial charge in [0.1, 0.15) is 5.58 Å². The van der Waals surface area contributed by atoms with Gasteiger partial charge in [-0.05, 0) is 53.2 Å². The largest absolute Gasteiger partial charge is 0.454 e. The van der Waals surface area contributed by atoms with E-state index in [9.17, 15) is 0 Å². The zero-order valence-corrected chi connectivity index (χ0v) is 19.3. The number of aromatic nitrogens is 2. The molecule has 0 atom stereocenters. The van der Waals surface area contributed by atoms with Crippen molar-refractivity contribution in [1.29, 1.82) is 0 Å². The zero-order chi connectivity index (χ0) is 23.6. The Kier molecular flexibility index (Phi) is 3.94. The van der Waals surface area contributed by atoms with E-state index in [2.05, 4.69) is 107 Å². The molecule has 0 aliphatic heterocycles. The van der Waals surface area contributed by atoms with Crippen LogP contribution in [0.15, 0.2) is 126 Å². The number of para-hydroxylation sites is 2. The third-order valence-corrected chi connectivity index (χ3v) is 7.22. The number of hydrogen-bond donors (Lipinski definition) is 0. The Morgan fingerprint density at radius 2 is 1.31 bits per heavy atom. The van der Waals surface area contributed by atoms with Crippen LogP contribution in [0.2, 0.25) is 0 Å². The van der Waals surface area contributed by atoms with Gasteiger partial charge in [0.05, 0.1) is 16.7 Å². The Bertz CT molecular complexity index is 2080. The van der Waals surface area contributed by atoms with E-state index in [0.29, 0.717) is 0 Å². The molecule has 0 aliphatic rings. The number of hydrogen-bond acceptors (Lipinski definition) is 2. The number of fused-ring (bicyclic) bond motifs is 10. The normalized spacial score (nSPS) is 11.9. The van der Waals surface area contributed by atoms with Gasteiger partial charge in [-0.2, -0.15) is 0 Å². The predicted octanol–water partition coefficient (Wildman–Crippen LogP) is 8.90. The second kappa shape index (κ2) is 7.30. The molecule has 3 nitrogen and oxygen atoms in total. The summed E-state index contributed by atoms with van der Waals surface area (Å²) in [5, 5.41) is 7.14. The number of nitrogens with zero attached hydrogens (tertiary/aromatic N) is 2. The SMILES string of the molecule is c1ccc(-n2c3ccc(-c4ccccn4)cc3c3c4ccccc4c4c5ccccc5oc4c32)cc1. The van der Waals surface area contributed by atoms with Crippen LogP contribution in [0, 0.1) is 0 Å². The van der Waals surface area contributed by atoms with Crippen molar-refractivity contribution in [2.45, 2.75) is 0 Å². The molecule has 0 spiro atoms. The maximum Gasteiger partial charge on any atom is 0.160 e. The van der Waals surface area contributed by atoms with Crippen molar-refractivity contribution in [2.24, 2.45) is 0 Å². The number of furan rings is 1. The van der Waals surface area contributed by atoms with Gasteiger partial charge in [0.2, 0.25) is 0 Å². The van der Waals surface area contributed by atoms with E-state index in [-0.39, 0.29) is 0 Å². The molecule has 0 saturated carbocycles. The highest BCUT2D eigenvalue weighted by Gasteiger charge is 2.23. The average molecular weight is 461 g/mol. The molecule has 0 amide bonds. The summed E-state index contributed by atoms with van der Waals surface area (Å²) in [6, 6.07) is 40.3. The number of rotatable bonds is 2. The lowest BCUT2D eigenvalue weighted by Crippen LogP contribution is -1.94. The first-order chi connectivity index (χ1) is 17.9. The molecule has 3 aromatic heterocycles. The van der Waals surface area contributed by atoms with Gasteiger partial charge in [-0.3, -0.25) is 4.98 Å². The Hall–Kier alpha value is -4.89. The number of pyridine rings is 1. The molecule has 0 N–H and O–H groups in total. The average Bonchev–Trinajstić information content (AvgIpc) is 3.50. The van der Waals surface area contributed by atoms with Gasteiger partial charge >= 0.3 is 0 Å². The van der Waals surface area contributed by atoms with Crippen molar-refractivity contribution >= 4 is 54.5 Å². The summed E-state index contributed by atoms with van der Waals surface area (Å²) in [4.78, 5) is 4.62. The van der Waals surface area contributed by atoms with Gasteiger partial charge in [0.15, 0.2) is 5.58 Å². The molecular formula is C33H20N2O. The fourth-order valence-electron chi connectivity index (χ4n) is 5.72. The minimum absolute atomic E-state index is 0.907. The Balaban J connectivity index is 1.67. The van der Waals surface area contributed by atoms with Crippen molar-refractivity contribution in [2.75, 3.05) is 0 Å². The zero-order valence-electron chi connectivity index (χ0n) is 19.3. The van der Waals surface area contributed by atoms with E-state index in [0.717, 1.165) is 44.5 Å². The van der Waals surface area contributed by atoms with Crippen LogP contribution in [-0.2, 0) is 0 Å². The van der Waals surface area contributed by atoms with Gasteiger partial charge in [-0.25, -0.2) is 0 Å². The second-order valence-corrected chi connectivity index (χ2v) is 9.19. The summed E-state index contributed by atoms with van der Waals surface area (Å²) in [6.45, 7) is 0. The summed E-state index contributed by atoms with van der Waals surface area (Å²) < 4.78 is 9.00. The molecule has 5 aromatic carbocycles. The minimum Gasteiger partial charge on any atom is -0.454 e. The van der Waals surface area contributed by atoms with Gasteiger partial charge in [0, 0.05) is 39.0 Å². The van der Waals surface area contributed by atoms with E-state index in [1.165, 1.54) is 26.9 Å². The molecule has 8 aromatic rings. The van der Waals surface area contributed by atoms with Crippen molar-refractivity contribution in [3.05, 3.63) is 121 Å². The maximum absolute atomic E-state index is 6.65. The van der Waals surface area contributed by atoms with Crippen molar-refractivity contribution in [1.82, 2.24) is 9.55 Å². The van der Waals surface area contributed by atoms with E-state index < -0.39 is 0 Å². The summed E-state index contributed by atoms with van der Waals surface area (Å²) in [5.41, 5.74) is 7.25. The van der Waals surface area contributed by atoms with Gasteiger partial charge in [-0.1, -0.05) is 72.8 Å². The molecule has 36 heavy (non-hydrogen) atoms. The van der Waals surface area contributed by atoms with Crippen molar-refractivity contribution < 1.29 is 4.42 Å². The summed E-state index contributed by atoms with van der Waals surface area (Å²) in [6.07, 6.45) is 1.85. The molecule has 0 saturated heterocycles. The van der Waals surface area contributed by atoms with Crippen LogP contribution < -0.4 is 0 Å². The lowest BCUT2D eigenvalue weighted by atomic mass is 9.98. The second-order valence-electron chi connectivity index (χ2n) is 9.19. The smallest absolute Gasteiger partial charge is 0.160 e. The van der Waals surface area contributed by atoms with Gasteiger partial charge in [0.25, 0.3) is 0 Å². The quantitative estimate of drug-likeness (QED) is 0.258. The molecule has 0 bridgehead atoms. The highest BCUT2D eigenvalue weighted by atomic mass is 16.3. The van der Waals surface area contributed by atoms with Crippen LogP contribution in [0.25, 0.3) is 71.5 Å². The van der Waals surface area contributed by atoms with Crippen LogP contribution in [0.5, 0.6) is 0 Å². The van der Waals surface area contributed by atoms with Crippen LogP contribution >= 0.6 is 0 Å². The highest BCUT2D eigenvalue weighted by molar-refractivity contribution is 6.35. The number of benzene rings is 5. The molecule has 0 unspecified atom stereocenters. The minimum atomic E-state index is 0.907. The van der Waals surface area contributed by atoms with E-state index in [1.54, 1.807) is 0 Å².